The number of carbonyl (C=O) groups is 1. The van der Waals surface area contributed by atoms with Crippen LogP contribution in [0.3, 0.4) is 0 Å². The van der Waals surface area contributed by atoms with Crippen LogP contribution >= 0.6 is 11.6 Å². The van der Waals surface area contributed by atoms with E-state index in [4.69, 9.17) is 11.6 Å². The second kappa shape index (κ2) is 8.84. The number of benzene rings is 2. The van der Waals surface area contributed by atoms with Crippen molar-refractivity contribution in [2.45, 2.75) is 11.4 Å². The Morgan fingerprint density at radius 1 is 1.04 bits per heavy atom. The van der Waals surface area contributed by atoms with E-state index in [-0.39, 0.29) is 15.8 Å². The molecule has 0 bridgehead atoms. The fourth-order valence-corrected chi connectivity index (χ4v) is 5.03. The van der Waals surface area contributed by atoms with Crippen LogP contribution < -0.4 is 10.2 Å². The lowest BCUT2D eigenvalue weighted by molar-refractivity contribution is -0.895. The lowest BCUT2D eigenvalue weighted by atomic mass is 10.2. The number of sulfonamides is 1. The molecule has 0 unspecified atom stereocenters. The van der Waals surface area contributed by atoms with Crippen molar-refractivity contribution in [3.8, 4) is 0 Å². The van der Waals surface area contributed by atoms with Crippen LogP contribution in [0.4, 0.5) is 0 Å². The summed E-state index contributed by atoms with van der Waals surface area (Å²) in [6.07, 6.45) is 0. The van der Waals surface area contributed by atoms with Crippen molar-refractivity contribution in [2.24, 2.45) is 0 Å². The smallest absolute Gasteiger partial charge is 0.275 e. The number of hydrogen-bond acceptors (Lipinski definition) is 3. The zero-order valence-corrected chi connectivity index (χ0v) is 16.5. The molecule has 1 heterocycles. The minimum absolute atomic E-state index is 0.0312. The van der Waals surface area contributed by atoms with E-state index < -0.39 is 10.0 Å². The van der Waals surface area contributed by atoms with Gasteiger partial charge in [0.2, 0.25) is 10.0 Å². The highest BCUT2D eigenvalue weighted by molar-refractivity contribution is 7.89. The van der Waals surface area contributed by atoms with Gasteiger partial charge in [-0.3, -0.25) is 4.79 Å². The highest BCUT2D eigenvalue weighted by atomic mass is 35.5. The molecule has 6 nitrogen and oxygen atoms in total. The Morgan fingerprint density at radius 2 is 1.67 bits per heavy atom. The Balaban J connectivity index is 1.50. The van der Waals surface area contributed by atoms with Gasteiger partial charge in [0.15, 0.2) is 6.54 Å². The topological polar surface area (TPSA) is 70.9 Å². The van der Waals surface area contributed by atoms with Gasteiger partial charge in [-0.25, -0.2) is 8.42 Å². The van der Waals surface area contributed by atoms with Gasteiger partial charge in [0.25, 0.3) is 5.91 Å². The minimum atomic E-state index is -3.60. The van der Waals surface area contributed by atoms with Gasteiger partial charge in [-0.2, -0.15) is 4.31 Å². The monoisotopic (exact) mass is 408 g/mol. The summed E-state index contributed by atoms with van der Waals surface area (Å²) in [7, 11) is -3.60. The minimum Gasteiger partial charge on any atom is -0.347 e. The molecule has 3 rings (SSSR count). The van der Waals surface area contributed by atoms with E-state index in [2.05, 4.69) is 5.32 Å². The molecule has 1 aliphatic heterocycles. The van der Waals surface area contributed by atoms with Gasteiger partial charge in [-0.15, -0.1) is 0 Å². The first-order valence-electron chi connectivity index (χ1n) is 8.85. The standard InChI is InChI=1S/C19H22ClN3O3S/c20-17-8-4-5-9-18(17)27(25,26)23-12-10-22(11-13-23)15-19(24)21-14-16-6-2-1-3-7-16/h1-9H,10-15H2,(H,21,24)/p+1. The highest BCUT2D eigenvalue weighted by Gasteiger charge is 2.32. The number of rotatable bonds is 6. The van der Waals surface area contributed by atoms with E-state index in [1.54, 1.807) is 18.2 Å². The summed E-state index contributed by atoms with van der Waals surface area (Å²) in [5.41, 5.74) is 1.05. The van der Waals surface area contributed by atoms with Gasteiger partial charge < -0.3 is 10.2 Å². The molecule has 0 saturated carbocycles. The van der Waals surface area contributed by atoms with Gasteiger partial charge in [0.05, 0.1) is 31.2 Å². The Hall–Kier alpha value is -1.93. The van der Waals surface area contributed by atoms with Crippen LogP contribution in [-0.4, -0.2) is 51.4 Å². The van der Waals surface area contributed by atoms with Gasteiger partial charge in [0, 0.05) is 6.54 Å². The molecule has 1 saturated heterocycles. The first-order valence-corrected chi connectivity index (χ1v) is 10.7. The van der Waals surface area contributed by atoms with Crippen molar-refractivity contribution in [1.82, 2.24) is 9.62 Å². The number of carbonyl (C=O) groups excluding carboxylic acids is 1. The molecule has 1 amide bonds. The molecule has 0 aliphatic carbocycles. The predicted octanol–water partition coefficient (Wildman–Crippen LogP) is 0.546. The summed E-state index contributed by atoms with van der Waals surface area (Å²) < 4.78 is 26.9. The van der Waals surface area contributed by atoms with Crippen LogP contribution in [0.5, 0.6) is 0 Å². The third-order valence-corrected chi connectivity index (χ3v) is 7.03. The second-order valence-corrected chi connectivity index (χ2v) is 8.84. The van der Waals surface area contributed by atoms with Gasteiger partial charge in [-0.05, 0) is 17.7 Å². The SMILES string of the molecule is O=C(C[NH+]1CCN(S(=O)(=O)c2ccccc2Cl)CC1)NCc1ccccc1. The molecule has 27 heavy (non-hydrogen) atoms. The summed E-state index contributed by atoms with van der Waals surface area (Å²) in [5.74, 6) is -0.0312. The van der Waals surface area contributed by atoms with Crippen molar-refractivity contribution >= 4 is 27.5 Å². The number of quaternary nitrogens is 1. The second-order valence-electron chi connectivity index (χ2n) is 6.52. The van der Waals surface area contributed by atoms with Crippen LogP contribution in [0.15, 0.2) is 59.5 Å². The largest absolute Gasteiger partial charge is 0.347 e. The third kappa shape index (κ3) is 5.07. The predicted molar refractivity (Wildman–Crippen MR) is 104 cm³/mol. The van der Waals surface area contributed by atoms with Crippen molar-refractivity contribution in [2.75, 3.05) is 32.7 Å². The molecule has 0 spiro atoms. The number of piperazine rings is 1. The van der Waals surface area contributed by atoms with Crippen LogP contribution in [0.1, 0.15) is 5.56 Å². The molecular weight excluding hydrogens is 386 g/mol. The van der Waals surface area contributed by atoms with E-state index in [1.807, 2.05) is 30.3 Å². The zero-order valence-electron chi connectivity index (χ0n) is 14.9. The molecule has 8 heteroatoms. The maximum atomic E-state index is 12.7. The van der Waals surface area contributed by atoms with Crippen molar-refractivity contribution < 1.29 is 18.1 Å². The average molecular weight is 409 g/mol. The molecule has 0 aromatic heterocycles. The quantitative estimate of drug-likeness (QED) is 0.733. The zero-order chi connectivity index (χ0) is 19.3. The van der Waals surface area contributed by atoms with E-state index in [9.17, 15) is 13.2 Å². The first-order chi connectivity index (χ1) is 13.0. The molecule has 144 valence electrons. The third-order valence-electron chi connectivity index (χ3n) is 4.63. The molecule has 1 fully saturated rings. The normalized spacial score (nSPS) is 16.2. The molecule has 0 radical (unpaired) electrons. The van der Waals surface area contributed by atoms with E-state index in [1.165, 1.54) is 10.4 Å². The van der Waals surface area contributed by atoms with Gasteiger partial charge >= 0.3 is 0 Å². The number of hydrogen-bond donors (Lipinski definition) is 2. The molecule has 0 atom stereocenters. The maximum absolute atomic E-state index is 12.7. The summed E-state index contributed by atoms with van der Waals surface area (Å²) >= 11 is 6.05. The summed E-state index contributed by atoms with van der Waals surface area (Å²) in [6.45, 7) is 2.75. The fourth-order valence-electron chi connectivity index (χ4n) is 3.10. The van der Waals surface area contributed by atoms with Crippen LogP contribution in [0.25, 0.3) is 0 Å². The number of amides is 1. The molecular formula is C19H23ClN3O3S+. The molecule has 2 aromatic carbocycles. The van der Waals surface area contributed by atoms with Crippen LogP contribution in [0, 0.1) is 0 Å². The van der Waals surface area contributed by atoms with E-state index >= 15 is 0 Å². The number of nitrogens with one attached hydrogen (secondary N) is 2. The molecule has 1 aliphatic rings. The lowest BCUT2D eigenvalue weighted by Gasteiger charge is -2.31. The van der Waals surface area contributed by atoms with Crippen molar-refractivity contribution in [3.05, 3.63) is 65.2 Å². The van der Waals surface area contributed by atoms with Crippen LogP contribution in [-0.2, 0) is 21.4 Å². The lowest BCUT2D eigenvalue weighted by Crippen LogP contribution is -3.15. The summed E-state index contributed by atoms with van der Waals surface area (Å²) in [4.78, 5) is 13.4. The van der Waals surface area contributed by atoms with Gasteiger partial charge in [0.1, 0.15) is 4.90 Å². The molecule has 2 aromatic rings. The van der Waals surface area contributed by atoms with Crippen molar-refractivity contribution in [3.63, 3.8) is 0 Å². The van der Waals surface area contributed by atoms with Crippen LogP contribution in [0.2, 0.25) is 5.02 Å². The Kier molecular flexibility index (Phi) is 6.49. The van der Waals surface area contributed by atoms with E-state index in [0.29, 0.717) is 39.3 Å². The Labute approximate surface area is 164 Å². The summed E-state index contributed by atoms with van der Waals surface area (Å²) in [6, 6.07) is 16.2. The summed E-state index contributed by atoms with van der Waals surface area (Å²) in [5, 5.41) is 3.14. The van der Waals surface area contributed by atoms with Crippen molar-refractivity contribution in [1.29, 1.82) is 0 Å². The Morgan fingerprint density at radius 3 is 2.33 bits per heavy atom. The number of nitrogens with zero attached hydrogens (tertiary/aromatic N) is 1. The Bertz CT molecular complexity index is 882. The fraction of sp³-hybridized carbons (Fsp3) is 0.316. The highest BCUT2D eigenvalue weighted by Crippen LogP contribution is 2.23. The van der Waals surface area contributed by atoms with E-state index in [0.717, 1.165) is 10.5 Å². The average Bonchev–Trinajstić information content (AvgIpc) is 2.68. The molecule has 2 N–H and O–H groups in total. The van der Waals surface area contributed by atoms with Gasteiger partial charge in [-0.1, -0.05) is 54.1 Å². The number of halogens is 1. The maximum Gasteiger partial charge on any atom is 0.275 e. The first kappa shape index (κ1) is 19.8.